The Morgan fingerprint density at radius 3 is 2.62 bits per heavy atom. The van der Waals surface area contributed by atoms with Crippen molar-refractivity contribution in [3.05, 3.63) is 72.1 Å². The van der Waals surface area contributed by atoms with Gasteiger partial charge in [0.1, 0.15) is 5.69 Å². The lowest BCUT2D eigenvalue weighted by molar-refractivity contribution is -0.132. The molecular weight excluding hydrogens is 324 g/mol. The molecule has 1 N–H and O–H groups in total. The van der Waals surface area contributed by atoms with E-state index in [2.05, 4.69) is 22.5 Å². The SMILES string of the molecule is CC1(C(=O)NC(=O)c2ccccn2)CCCCC1/C=C/c1ccccc1. The molecule has 2 unspecified atom stereocenters. The molecule has 2 amide bonds. The van der Waals surface area contributed by atoms with E-state index < -0.39 is 11.3 Å². The second-order valence-electron chi connectivity index (χ2n) is 7.04. The maximum atomic E-state index is 12.9. The van der Waals surface area contributed by atoms with Crippen LogP contribution in [-0.4, -0.2) is 16.8 Å². The van der Waals surface area contributed by atoms with Gasteiger partial charge in [-0.2, -0.15) is 0 Å². The minimum atomic E-state index is -0.589. The highest BCUT2D eigenvalue weighted by molar-refractivity contribution is 6.05. The highest BCUT2D eigenvalue weighted by Gasteiger charge is 2.42. The molecule has 1 aliphatic rings. The molecule has 0 spiro atoms. The molecule has 0 saturated heterocycles. The van der Waals surface area contributed by atoms with E-state index in [-0.39, 0.29) is 17.5 Å². The molecule has 2 atom stereocenters. The van der Waals surface area contributed by atoms with Crippen molar-refractivity contribution in [3.63, 3.8) is 0 Å². The van der Waals surface area contributed by atoms with Crippen molar-refractivity contribution in [2.24, 2.45) is 11.3 Å². The summed E-state index contributed by atoms with van der Waals surface area (Å²) in [6, 6.07) is 15.2. The molecule has 0 bridgehead atoms. The summed E-state index contributed by atoms with van der Waals surface area (Å²) in [5, 5.41) is 2.56. The number of hydrogen-bond donors (Lipinski definition) is 1. The molecule has 1 fully saturated rings. The average Bonchev–Trinajstić information content (AvgIpc) is 2.68. The van der Waals surface area contributed by atoms with Gasteiger partial charge in [0.25, 0.3) is 5.91 Å². The number of nitrogens with one attached hydrogen (secondary N) is 1. The van der Waals surface area contributed by atoms with Crippen LogP contribution < -0.4 is 5.32 Å². The summed E-state index contributed by atoms with van der Waals surface area (Å²) in [5.74, 6) is -0.545. The predicted octanol–water partition coefficient (Wildman–Crippen LogP) is 4.25. The molecule has 0 radical (unpaired) electrons. The van der Waals surface area contributed by atoms with E-state index in [1.165, 1.54) is 0 Å². The van der Waals surface area contributed by atoms with E-state index in [1.807, 2.05) is 37.3 Å². The minimum Gasteiger partial charge on any atom is -0.290 e. The first kappa shape index (κ1) is 18.1. The number of carbonyl (C=O) groups is 2. The Kier molecular flexibility index (Phi) is 5.61. The third kappa shape index (κ3) is 4.07. The lowest BCUT2D eigenvalue weighted by Gasteiger charge is -2.38. The maximum Gasteiger partial charge on any atom is 0.276 e. The molecule has 1 heterocycles. The quantitative estimate of drug-likeness (QED) is 0.841. The Labute approximate surface area is 154 Å². The van der Waals surface area contributed by atoms with Gasteiger partial charge in [-0.05, 0) is 36.5 Å². The Hall–Kier alpha value is -2.75. The van der Waals surface area contributed by atoms with E-state index in [9.17, 15) is 9.59 Å². The topological polar surface area (TPSA) is 59.1 Å². The summed E-state index contributed by atoms with van der Waals surface area (Å²) in [4.78, 5) is 29.3. The van der Waals surface area contributed by atoms with Crippen molar-refractivity contribution in [2.45, 2.75) is 32.6 Å². The van der Waals surface area contributed by atoms with Gasteiger partial charge in [-0.25, -0.2) is 0 Å². The number of hydrogen-bond acceptors (Lipinski definition) is 3. The van der Waals surface area contributed by atoms with Gasteiger partial charge < -0.3 is 0 Å². The fourth-order valence-electron chi connectivity index (χ4n) is 3.55. The van der Waals surface area contributed by atoms with Crippen molar-refractivity contribution in [1.82, 2.24) is 10.3 Å². The zero-order valence-corrected chi connectivity index (χ0v) is 15.0. The first-order chi connectivity index (χ1) is 12.6. The number of carbonyl (C=O) groups excluding carboxylic acids is 2. The van der Waals surface area contributed by atoms with Crippen LogP contribution in [0.1, 0.15) is 48.7 Å². The van der Waals surface area contributed by atoms with E-state index in [1.54, 1.807) is 24.4 Å². The molecule has 1 aromatic heterocycles. The average molecular weight is 348 g/mol. The van der Waals surface area contributed by atoms with Crippen LogP contribution in [0, 0.1) is 11.3 Å². The van der Waals surface area contributed by atoms with E-state index in [4.69, 9.17) is 0 Å². The monoisotopic (exact) mass is 348 g/mol. The first-order valence-electron chi connectivity index (χ1n) is 9.10. The molecule has 26 heavy (non-hydrogen) atoms. The van der Waals surface area contributed by atoms with Crippen molar-refractivity contribution in [3.8, 4) is 0 Å². The molecule has 0 aliphatic heterocycles. The minimum absolute atomic E-state index is 0.105. The Morgan fingerprint density at radius 1 is 1.12 bits per heavy atom. The molecule has 2 aromatic rings. The lowest BCUT2D eigenvalue weighted by Crippen LogP contribution is -2.47. The summed E-state index contributed by atoms with van der Waals surface area (Å²) in [6.07, 6.45) is 9.57. The Bertz CT molecular complexity index is 786. The summed E-state index contributed by atoms with van der Waals surface area (Å²) < 4.78 is 0. The normalized spacial score (nSPS) is 22.9. The van der Waals surface area contributed by atoms with Gasteiger partial charge in [0.05, 0.1) is 5.41 Å². The molecule has 4 nitrogen and oxygen atoms in total. The third-order valence-corrected chi connectivity index (χ3v) is 5.24. The fourth-order valence-corrected chi connectivity index (χ4v) is 3.55. The van der Waals surface area contributed by atoms with Gasteiger partial charge in [0, 0.05) is 6.20 Å². The standard InChI is InChI=1S/C22H24N2O2/c1-22(21(26)24-20(25)19-12-6-8-16-23-19)15-7-5-11-18(22)14-13-17-9-3-2-4-10-17/h2-4,6,8-10,12-14,16,18H,5,7,11,15H2,1H3,(H,24,25,26)/b14-13+. The molecule has 1 aromatic carbocycles. The van der Waals surface area contributed by atoms with Gasteiger partial charge in [-0.1, -0.05) is 68.3 Å². The van der Waals surface area contributed by atoms with E-state index in [0.717, 1.165) is 31.2 Å². The van der Waals surface area contributed by atoms with Crippen LogP contribution in [0.3, 0.4) is 0 Å². The maximum absolute atomic E-state index is 12.9. The molecule has 134 valence electrons. The van der Waals surface area contributed by atoms with Gasteiger partial charge >= 0.3 is 0 Å². The van der Waals surface area contributed by atoms with Gasteiger partial charge in [-0.15, -0.1) is 0 Å². The van der Waals surface area contributed by atoms with Crippen molar-refractivity contribution < 1.29 is 9.59 Å². The summed E-state index contributed by atoms with van der Waals surface area (Å²) in [6.45, 7) is 1.97. The zero-order valence-electron chi connectivity index (χ0n) is 15.0. The second kappa shape index (κ2) is 8.09. The number of rotatable bonds is 4. The Balaban J connectivity index is 1.75. The third-order valence-electron chi connectivity index (χ3n) is 5.24. The first-order valence-corrected chi connectivity index (χ1v) is 9.10. The van der Waals surface area contributed by atoms with Crippen LogP contribution >= 0.6 is 0 Å². The van der Waals surface area contributed by atoms with Crippen molar-refractivity contribution in [1.29, 1.82) is 0 Å². The number of allylic oxidation sites excluding steroid dienone is 1. The summed E-state index contributed by atoms with van der Waals surface area (Å²) >= 11 is 0. The van der Waals surface area contributed by atoms with Gasteiger partial charge in [0.15, 0.2) is 0 Å². The van der Waals surface area contributed by atoms with Gasteiger partial charge in [0.2, 0.25) is 5.91 Å². The smallest absolute Gasteiger partial charge is 0.276 e. The molecule has 1 saturated carbocycles. The molecular formula is C22H24N2O2. The van der Waals surface area contributed by atoms with Crippen molar-refractivity contribution >= 4 is 17.9 Å². The summed E-state index contributed by atoms with van der Waals surface area (Å²) in [5.41, 5.74) is 0.788. The largest absolute Gasteiger partial charge is 0.290 e. The fraction of sp³-hybridized carbons (Fsp3) is 0.318. The van der Waals surface area contributed by atoms with Crippen LogP contribution in [-0.2, 0) is 4.79 Å². The number of nitrogens with zero attached hydrogens (tertiary/aromatic N) is 1. The lowest BCUT2D eigenvalue weighted by atomic mass is 9.66. The predicted molar refractivity (Wildman–Crippen MR) is 102 cm³/mol. The highest BCUT2D eigenvalue weighted by Crippen LogP contribution is 2.42. The number of pyridine rings is 1. The highest BCUT2D eigenvalue weighted by atomic mass is 16.2. The number of aromatic nitrogens is 1. The molecule has 4 heteroatoms. The zero-order chi connectivity index (χ0) is 18.4. The van der Waals surface area contributed by atoms with Crippen LogP contribution in [0.15, 0.2) is 60.8 Å². The van der Waals surface area contributed by atoms with Crippen molar-refractivity contribution in [2.75, 3.05) is 0 Å². The van der Waals surface area contributed by atoms with Crippen LogP contribution in [0.25, 0.3) is 6.08 Å². The van der Waals surface area contributed by atoms with Crippen LogP contribution in [0.2, 0.25) is 0 Å². The van der Waals surface area contributed by atoms with Crippen LogP contribution in [0.4, 0.5) is 0 Å². The van der Waals surface area contributed by atoms with Crippen LogP contribution in [0.5, 0.6) is 0 Å². The number of imide groups is 1. The number of amides is 2. The molecule has 1 aliphatic carbocycles. The van der Waals surface area contributed by atoms with E-state index >= 15 is 0 Å². The summed E-state index contributed by atoms with van der Waals surface area (Å²) in [7, 11) is 0. The Morgan fingerprint density at radius 2 is 1.88 bits per heavy atom. The number of benzene rings is 1. The molecule has 3 rings (SSSR count). The van der Waals surface area contributed by atoms with Gasteiger partial charge in [-0.3, -0.25) is 19.9 Å². The second-order valence-corrected chi connectivity index (χ2v) is 7.04. The van der Waals surface area contributed by atoms with E-state index in [0.29, 0.717) is 0 Å².